The maximum absolute atomic E-state index is 13.5. The standard InChI is InChI=1S/C15H19F3N2O/c1-2-3-6-11-7-4-5-8-12(11)14(15(16,17)18)20-10-9-13(21)19-20/h4-5,7-8,14H,2-3,6,9-10H2,1H3,(H,19,21)/t14-/m0/s1. The molecule has 0 bridgehead atoms. The van der Waals surface area contributed by atoms with Gasteiger partial charge in [0.05, 0.1) is 0 Å². The molecule has 0 saturated carbocycles. The van der Waals surface area contributed by atoms with E-state index in [-0.39, 0.29) is 24.4 Å². The maximum atomic E-state index is 13.5. The molecule has 0 radical (unpaired) electrons. The molecule has 1 fully saturated rings. The Bertz CT molecular complexity index is 502. The van der Waals surface area contributed by atoms with Gasteiger partial charge in [0.15, 0.2) is 0 Å². The second-order valence-electron chi connectivity index (χ2n) is 5.22. The molecule has 1 aliphatic rings. The Morgan fingerprint density at radius 2 is 2.05 bits per heavy atom. The van der Waals surface area contributed by atoms with E-state index in [1.54, 1.807) is 18.2 Å². The van der Waals surface area contributed by atoms with Gasteiger partial charge in [-0.3, -0.25) is 10.2 Å². The molecule has 1 saturated heterocycles. The van der Waals surface area contributed by atoms with Crippen molar-refractivity contribution in [3.05, 3.63) is 35.4 Å². The molecule has 0 aromatic heterocycles. The summed E-state index contributed by atoms with van der Waals surface area (Å²) in [6.07, 6.45) is -1.95. The highest BCUT2D eigenvalue weighted by molar-refractivity contribution is 5.77. The van der Waals surface area contributed by atoms with E-state index < -0.39 is 12.2 Å². The average molecular weight is 300 g/mol. The fourth-order valence-corrected chi connectivity index (χ4v) is 2.60. The summed E-state index contributed by atoms with van der Waals surface area (Å²) in [6.45, 7) is 2.08. The van der Waals surface area contributed by atoms with E-state index in [2.05, 4.69) is 5.43 Å². The van der Waals surface area contributed by atoms with Crippen molar-refractivity contribution < 1.29 is 18.0 Å². The van der Waals surface area contributed by atoms with E-state index in [4.69, 9.17) is 0 Å². The number of hydrogen-bond donors (Lipinski definition) is 1. The summed E-state index contributed by atoms with van der Waals surface area (Å²) in [4.78, 5) is 11.3. The molecule has 3 nitrogen and oxygen atoms in total. The number of aryl methyl sites for hydroxylation is 1. The lowest BCUT2D eigenvalue weighted by molar-refractivity contribution is -0.191. The van der Waals surface area contributed by atoms with E-state index in [1.165, 1.54) is 6.07 Å². The number of carbonyl (C=O) groups is 1. The summed E-state index contributed by atoms with van der Waals surface area (Å²) in [6, 6.07) is 4.83. The first-order valence-electron chi connectivity index (χ1n) is 7.14. The van der Waals surface area contributed by atoms with Crippen molar-refractivity contribution in [2.24, 2.45) is 0 Å². The minimum absolute atomic E-state index is 0.0745. The topological polar surface area (TPSA) is 32.3 Å². The number of halogens is 3. The summed E-state index contributed by atoms with van der Waals surface area (Å²) < 4.78 is 40.5. The number of unbranched alkanes of at least 4 members (excludes halogenated alkanes) is 1. The van der Waals surface area contributed by atoms with Crippen LogP contribution in [-0.4, -0.2) is 23.6 Å². The minimum Gasteiger partial charge on any atom is -0.288 e. The fourth-order valence-electron chi connectivity index (χ4n) is 2.60. The zero-order chi connectivity index (χ0) is 15.5. The Balaban J connectivity index is 2.35. The quantitative estimate of drug-likeness (QED) is 0.904. The molecule has 1 aliphatic heterocycles. The van der Waals surface area contributed by atoms with Crippen LogP contribution >= 0.6 is 0 Å². The lowest BCUT2D eigenvalue weighted by atomic mass is 9.96. The molecule has 1 atom stereocenters. The molecule has 116 valence electrons. The van der Waals surface area contributed by atoms with Gasteiger partial charge in [0.25, 0.3) is 0 Å². The molecular formula is C15H19F3N2O. The van der Waals surface area contributed by atoms with Crippen LogP contribution in [0.25, 0.3) is 0 Å². The molecule has 21 heavy (non-hydrogen) atoms. The highest BCUT2D eigenvalue weighted by atomic mass is 19.4. The van der Waals surface area contributed by atoms with Gasteiger partial charge < -0.3 is 0 Å². The number of hydrazine groups is 1. The van der Waals surface area contributed by atoms with Gasteiger partial charge in [-0.2, -0.15) is 13.2 Å². The summed E-state index contributed by atoms with van der Waals surface area (Å²) in [5, 5.41) is 1.01. The van der Waals surface area contributed by atoms with Gasteiger partial charge in [-0.15, -0.1) is 0 Å². The van der Waals surface area contributed by atoms with Crippen LogP contribution in [0.2, 0.25) is 0 Å². The van der Waals surface area contributed by atoms with Crippen LogP contribution in [0.4, 0.5) is 13.2 Å². The molecule has 0 spiro atoms. The number of alkyl halides is 3. The number of nitrogens with one attached hydrogen (secondary N) is 1. The number of hydrogen-bond acceptors (Lipinski definition) is 2. The van der Waals surface area contributed by atoms with Gasteiger partial charge in [0.2, 0.25) is 5.91 Å². The Labute approximate surface area is 122 Å². The van der Waals surface area contributed by atoms with Crippen molar-refractivity contribution >= 4 is 5.91 Å². The van der Waals surface area contributed by atoms with Gasteiger partial charge in [0, 0.05) is 13.0 Å². The second-order valence-corrected chi connectivity index (χ2v) is 5.22. The predicted molar refractivity (Wildman–Crippen MR) is 73.3 cm³/mol. The second kappa shape index (κ2) is 6.47. The largest absolute Gasteiger partial charge is 0.409 e. The summed E-state index contributed by atoms with van der Waals surface area (Å²) in [5.74, 6) is -0.365. The first-order valence-corrected chi connectivity index (χ1v) is 7.14. The molecule has 0 unspecified atom stereocenters. The molecule has 1 aromatic carbocycles. The van der Waals surface area contributed by atoms with E-state index in [9.17, 15) is 18.0 Å². The molecule has 1 heterocycles. The van der Waals surface area contributed by atoms with Crippen LogP contribution in [0.5, 0.6) is 0 Å². The summed E-state index contributed by atoms with van der Waals surface area (Å²) in [5.41, 5.74) is 3.25. The van der Waals surface area contributed by atoms with Crippen LogP contribution in [0, 0.1) is 0 Å². The Kier molecular flexibility index (Phi) is 4.88. The van der Waals surface area contributed by atoms with Gasteiger partial charge in [-0.25, -0.2) is 5.01 Å². The Morgan fingerprint density at radius 3 is 2.62 bits per heavy atom. The molecule has 0 aliphatic carbocycles. The van der Waals surface area contributed by atoms with Gasteiger partial charge in [-0.1, -0.05) is 37.6 Å². The maximum Gasteiger partial charge on any atom is 0.409 e. The third kappa shape index (κ3) is 3.75. The number of rotatable bonds is 5. The highest BCUT2D eigenvalue weighted by Gasteiger charge is 2.47. The van der Waals surface area contributed by atoms with Crippen LogP contribution in [0.3, 0.4) is 0 Å². The number of amides is 1. The van der Waals surface area contributed by atoms with Gasteiger partial charge in [-0.05, 0) is 24.0 Å². The van der Waals surface area contributed by atoms with E-state index >= 15 is 0 Å². The van der Waals surface area contributed by atoms with Crippen molar-refractivity contribution in [1.29, 1.82) is 0 Å². The van der Waals surface area contributed by atoms with Gasteiger partial charge in [0.1, 0.15) is 6.04 Å². The summed E-state index contributed by atoms with van der Waals surface area (Å²) >= 11 is 0. The van der Waals surface area contributed by atoms with Crippen molar-refractivity contribution in [3.63, 3.8) is 0 Å². The molecule has 1 amide bonds. The highest BCUT2D eigenvalue weighted by Crippen LogP contribution is 2.39. The monoisotopic (exact) mass is 300 g/mol. The third-order valence-corrected chi connectivity index (χ3v) is 3.62. The number of carbonyl (C=O) groups excluding carboxylic acids is 1. The van der Waals surface area contributed by atoms with Crippen LogP contribution in [0.15, 0.2) is 24.3 Å². The minimum atomic E-state index is -4.43. The number of benzene rings is 1. The lowest BCUT2D eigenvalue weighted by Gasteiger charge is -2.30. The normalized spacial score (nSPS) is 17.8. The average Bonchev–Trinajstić information content (AvgIpc) is 2.82. The van der Waals surface area contributed by atoms with Crippen LogP contribution < -0.4 is 5.43 Å². The van der Waals surface area contributed by atoms with Crippen molar-refractivity contribution in [1.82, 2.24) is 10.4 Å². The molecule has 6 heteroatoms. The van der Waals surface area contributed by atoms with Crippen molar-refractivity contribution in [2.45, 2.75) is 44.8 Å². The third-order valence-electron chi connectivity index (χ3n) is 3.62. The zero-order valence-corrected chi connectivity index (χ0v) is 11.9. The Hall–Kier alpha value is -1.56. The van der Waals surface area contributed by atoms with Crippen molar-refractivity contribution in [2.75, 3.05) is 6.54 Å². The van der Waals surface area contributed by atoms with E-state index in [0.29, 0.717) is 12.0 Å². The first kappa shape index (κ1) is 15.8. The van der Waals surface area contributed by atoms with Gasteiger partial charge >= 0.3 is 6.18 Å². The Morgan fingerprint density at radius 1 is 1.33 bits per heavy atom. The SMILES string of the molecule is CCCCc1ccccc1[C@H](N1CCC(=O)N1)C(F)(F)F. The van der Waals surface area contributed by atoms with E-state index in [1.807, 2.05) is 6.92 Å². The number of nitrogens with zero attached hydrogens (tertiary/aromatic N) is 1. The molecule has 2 rings (SSSR count). The van der Waals surface area contributed by atoms with Crippen LogP contribution in [-0.2, 0) is 11.2 Å². The molecule has 1 aromatic rings. The smallest absolute Gasteiger partial charge is 0.288 e. The molecule has 1 N–H and O–H groups in total. The lowest BCUT2D eigenvalue weighted by Crippen LogP contribution is -2.44. The van der Waals surface area contributed by atoms with Crippen LogP contribution in [0.1, 0.15) is 43.4 Å². The predicted octanol–water partition coefficient (Wildman–Crippen LogP) is 3.37. The fraction of sp³-hybridized carbons (Fsp3) is 0.533. The summed E-state index contributed by atoms with van der Waals surface area (Å²) in [7, 11) is 0. The van der Waals surface area contributed by atoms with Crippen molar-refractivity contribution in [3.8, 4) is 0 Å². The molecular weight excluding hydrogens is 281 g/mol. The zero-order valence-electron chi connectivity index (χ0n) is 11.9. The first-order chi connectivity index (χ1) is 9.93. The van der Waals surface area contributed by atoms with E-state index in [0.717, 1.165) is 17.9 Å².